The van der Waals surface area contributed by atoms with Crippen LogP contribution >= 0.6 is 0 Å². The molecule has 0 spiro atoms. The van der Waals surface area contributed by atoms with Crippen LogP contribution in [0.4, 0.5) is 0 Å². The topological polar surface area (TPSA) is 50.1 Å². The van der Waals surface area contributed by atoms with E-state index in [4.69, 9.17) is 10.00 Å². The molecule has 0 heterocycles. The molecule has 0 aliphatic rings. The van der Waals surface area contributed by atoms with Gasteiger partial charge in [0.05, 0.1) is 18.2 Å². The molecular formula is C28H29NO2. The molecule has 0 N–H and O–H groups in total. The first-order chi connectivity index (χ1) is 15.2. The minimum atomic E-state index is -0.189. The Bertz CT molecular complexity index is 997. The molecule has 0 saturated carbocycles. The highest BCUT2D eigenvalue weighted by Crippen LogP contribution is 2.25. The summed E-state index contributed by atoms with van der Waals surface area (Å²) in [5.41, 5.74) is 6.75. The molecule has 3 heteroatoms. The Labute approximate surface area is 185 Å². The van der Waals surface area contributed by atoms with Crippen LogP contribution in [-0.2, 0) is 16.0 Å². The predicted octanol–water partition coefficient (Wildman–Crippen LogP) is 6.95. The number of esters is 1. The highest BCUT2D eigenvalue weighted by Gasteiger charge is 2.02. The number of hydrogen-bond acceptors (Lipinski definition) is 3. The molecule has 31 heavy (non-hydrogen) atoms. The van der Waals surface area contributed by atoms with Gasteiger partial charge < -0.3 is 4.74 Å². The zero-order chi connectivity index (χ0) is 21.9. The van der Waals surface area contributed by atoms with E-state index in [1.165, 1.54) is 42.9 Å². The molecule has 0 aliphatic carbocycles. The number of nitrogens with zero attached hydrogens (tertiary/aromatic N) is 1. The van der Waals surface area contributed by atoms with Crippen molar-refractivity contribution in [3.8, 4) is 28.3 Å². The van der Waals surface area contributed by atoms with E-state index in [0.717, 1.165) is 30.4 Å². The van der Waals surface area contributed by atoms with Crippen molar-refractivity contribution >= 4 is 5.97 Å². The van der Waals surface area contributed by atoms with E-state index in [2.05, 4.69) is 54.6 Å². The maximum Gasteiger partial charge on any atom is 0.302 e. The van der Waals surface area contributed by atoms with E-state index >= 15 is 0 Å². The molecular weight excluding hydrogens is 382 g/mol. The van der Waals surface area contributed by atoms with Gasteiger partial charge in [-0.2, -0.15) is 5.26 Å². The van der Waals surface area contributed by atoms with Gasteiger partial charge in [-0.15, -0.1) is 0 Å². The van der Waals surface area contributed by atoms with Gasteiger partial charge in [-0.05, 0) is 59.2 Å². The van der Waals surface area contributed by atoms with Crippen molar-refractivity contribution < 1.29 is 9.53 Å². The molecule has 3 aromatic carbocycles. The molecule has 0 radical (unpaired) electrons. The number of benzene rings is 3. The quantitative estimate of drug-likeness (QED) is 0.268. The molecule has 0 saturated heterocycles. The number of aryl methyl sites for hydroxylation is 1. The molecule has 0 fully saturated rings. The highest BCUT2D eigenvalue weighted by molar-refractivity contribution is 5.70. The summed E-state index contributed by atoms with van der Waals surface area (Å²) in [5.74, 6) is -0.189. The molecule has 0 unspecified atom stereocenters. The Morgan fingerprint density at radius 2 is 1.16 bits per heavy atom. The Hall–Kier alpha value is -3.38. The molecule has 3 nitrogen and oxygen atoms in total. The summed E-state index contributed by atoms with van der Waals surface area (Å²) < 4.78 is 4.95. The second-order valence-corrected chi connectivity index (χ2v) is 7.82. The fraction of sp³-hybridized carbons (Fsp3) is 0.286. The van der Waals surface area contributed by atoms with E-state index in [1.807, 2.05) is 24.3 Å². The van der Waals surface area contributed by atoms with Gasteiger partial charge in [-0.3, -0.25) is 4.79 Å². The lowest BCUT2D eigenvalue weighted by Crippen LogP contribution is -2.00. The van der Waals surface area contributed by atoms with Crippen LogP contribution in [0, 0.1) is 11.3 Å². The number of unbranched alkanes of at least 4 members (excludes halogenated alkanes) is 4. The van der Waals surface area contributed by atoms with Crippen LogP contribution in [0.25, 0.3) is 22.3 Å². The Kier molecular flexibility index (Phi) is 8.43. The average Bonchev–Trinajstić information content (AvgIpc) is 2.81. The molecule has 0 bridgehead atoms. The highest BCUT2D eigenvalue weighted by atomic mass is 16.5. The van der Waals surface area contributed by atoms with Crippen molar-refractivity contribution in [3.63, 3.8) is 0 Å². The first-order valence-electron chi connectivity index (χ1n) is 11.0. The fourth-order valence-corrected chi connectivity index (χ4v) is 3.63. The SMILES string of the molecule is CC(=O)OCCCCCCCc1ccc(-c2ccc(-c3ccc(C#N)cc3)cc2)cc1. The van der Waals surface area contributed by atoms with Crippen LogP contribution < -0.4 is 0 Å². The van der Waals surface area contributed by atoms with Crippen molar-refractivity contribution in [1.29, 1.82) is 5.26 Å². The van der Waals surface area contributed by atoms with E-state index < -0.39 is 0 Å². The monoisotopic (exact) mass is 411 g/mol. The van der Waals surface area contributed by atoms with Crippen molar-refractivity contribution in [1.82, 2.24) is 0 Å². The number of ether oxygens (including phenoxy) is 1. The lowest BCUT2D eigenvalue weighted by Gasteiger charge is -2.07. The van der Waals surface area contributed by atoms with Crippen molar-refractivity contribution in [2.24, 2.45) is 0 Å². The molecule has 3 aromatic rings. The summed E-state index contributed by atoms with van der Waals surface area (Å²) in [6.07, 6.45) is 6.75. The zero-order valence-electron chi connectivity index (χ0n) is 18.1. The number of hydrogen-bond donors (Lipinski definition) is 0. The maximum atomic E-state index is 10.7. The Morgan fingerprint density at radius 1 is 0.710 bits per heavy atom. The lowest BCUT2D eigenvalue weighted by atomic mass is 9.98. The van der Waals surface area contributed by atoms with E-state index in [-0.39, 0.29) is 5.97 Å². The summed E-state index contributed by atoms with van der Waals surface area (Å²) in [7, 11) is 0. The summed E-state index contributed by atoms with van der Waals surface area (Å²) in [5, 5.41) is 8.93. The maximum absolute atomic E-state index is 10.7. The van der Waals surface area contributed by atoms with Gasteiger partial charge in [0.1, 0.15) is 0 Å². The molecule has 0 amide bonds. The number of rotatable bonds is 10. The predicted molar refractivity (Wildman–Crippen MR) is 125 cm³/mol. The van der Waals surface area contributed by atoms with Gasteiger partial charge in [-0.1, -0.05) is 79.9 Å². The number of nitriles is 1. The Balaban J connectivity index is 1.45. The molecule has 158 valence electrons. The van der Waals surface area contributed by atoms with Gasteiger partial charge in [0.25, 0.3) is 0 Å². The normalized spacial score (nSPS) is 10.5. The van der Waals surface area contributed by atoms with Crippen LogP contribution in [0.1, 0.15) is 50.2 Å². The fourth-order valence-electron chi connectivity index (χ4n) is 3.63. The average molecular weight is 412 g/mol. The Morgan fingerprint density at radius 3 is 1.68 bits per heavy atom. The third-order valence-electron chi connectivity index (χ3n) is 5.43. The smallest absolute Gasteiger partial charge is 0.302 e. The van der Waals surface area contributed by atoms with Crippen molar-refractivity contribution in [2.45, 2.75) is 45.4 Å². The zero-order valence-corrected chi connectivity index (χ0v) is 18.1. The van der Waals surface area contributed by atoms with Gasteiger partial charge in [0.2, 0.25) is 0 Å². The molecule has 0 aromatic heterocycles. The van der Waals surface area contributed by atoms with Gasteiger partial charge in [0.15, 0.2) is 0 Å². The third-order valence-corrected chi connectivity index (χ3v) is 5.43. The van der Waals surface area contributed by atoms with E-state index in [0.29, 0.717) is 12.2 Å². The molecule has 0 atom stereocenters. The minimum absolute atomic E-state index is 0.189. The van der Waals surface area contributed by atoms with Crippen LogP contribution in [0.2, 0.25) is 0 Å². The van der Waals surface area contributed by atoms with Gasteiger partial charge in [0, 0.05) is 6.92 Å². The van der Waals surface area contributed by atoms with Crippen LogP contribution in [0.15, 0.2) is 72.8 Å². The number of carbonyl (C=O) groups is 1. The summed E-state index contributed by atoms with van der Waals surface area (Å²) in [4.78, 5) is 10.7. The second-order valence-electron chi connectivity index (χ2n) is 7.82. The summed E-state index contributed by atoms with van der Waals surface area (Å²) in [6.45, 7) is 2.00. The lowest BCUT2D eigenvalue weighted by molar-refractivity contribution is -0.141. The largest absolute Gasteiger partial charge is 0.466 e. The first kappa shape index (κ1) is 22.3. The van der Waals surface area contributed by atoms with Crippen molar-refractivity contribution in [3.05, 3.63) is 83.9 Å². The summed E-state index contributed by atoms with van der Waals surface area (Å²) >= 11 is 0. The van der Waals surface area contributed by atoms with Gasteiger partial charge in [-0.25, -0.2) is 0 Å². The van der Waals surface area contributed by atoms with E-state index in [1.54, 1.807) is 0 Å². The molecule has 3 rings (SSSR count). The first-order valence-corrected chi connectivity index (χ1v) is 11.0. The third kappa shape index (κ3) is 7.12. The van der Waals surface area contributed by atoms with Gasteiger partial charge >= 0.3 is 5.97 Å². The number of carbonyl (C=O) groups excluding carboxylic acids is 1. The van der Waals surface area contributed by atoms with Crippen LogP contribution in [-0.4, -0.2) is 12.6 Å². The molecule has 0 aliphatic heterocycles. The van der Waals surface area contributed by atoms with Crippen molar-refractivity contribution in [2.75, 3.05) is 6.61 Å². The van der Waals surface area contributed by atoms with Crippen LogP contribution in [0.5, 0.6) is 0 Å². The standard InChI is InChI=1S/C28H29NO2/c1-22(30)31-20-6-4-2-3-5-7-23-8-12-25(13-9-23)27-16-18-28(19-17-27)26-14-10-24(21-29)11-15-26/h8-19H,2-7,20H2,1H3. The second kappa shape index (κ2) is 11.7. The van der Waals surface area contributed by atoms with Crippen LogP contribution in [0.3, 0.4) is 0 Å². The van der Waals surface area contributed by atoms with E-state index in [9.17, 15) is 4.79 Å². The minimum Gasteiger partial charge on any atom is -0.466 e. The summed E-state index contributed by atoms with van der Waals surface area (Å²) in [6, 6.07) is 27.3.